The molecule has 11 N–H and O–H groups in total. The highest BCUT2D eigenvalue weighted by molar-refractivity contribution is 5.90. The van der Waals surface area contributed by atoms with E-state index < -0.39 is 65.9 Å². The Kier molecular flexibility index (Phi) is 31.2. The first-order valence-corrected chi connectivity index (χ1v) is 10.5. The quantitative estimate of drug-likeness (QED) is 0.127. The van der Waals surface area contributed by atoms with Crippen LogP contribution < -0.4 is 0 Å². The van der Waals surface area contributed by atoms with E-state index in [2.05, 4.69) is 0 Å². The maximum absolute atomic E-state index is 10.2. The largest absolute Gasteiger partial charge is 0.481 e. The van der Waals surface area contributed by atoms with Gasteiger partial charge in [-0.3, -0.25) is 9.59 Å². The fourth-order valence-corrected chi connectivity index (χ4v) is 1.35. The van der Waals surface area contributed by atoms with Crippen LogP contribution in [0.1, 0.15) is 23.2 Å². The predicted molar refractivity (Wildman–Crippen MR) is 141 cm³/mol. The van der Waals surface area contributed by atoms with Crippen LogP contribution in [0.4, 0.5) is 0 Å². The SMILES string of the molecule is Cl.O=C(O)/C=C/C(=O)O.O=C(O)/C=C\C(=O)O.O=C(O)C(O)C(O)C(=O)O.O=C(O)CCC(=O)O.O=C(O)c1ccccc1. The lowest BCUT2D eigenvalue weighted by Crippen LogP contribution is -2.39. The highest BCUT2D eigenvalue weighted by atomic mass is 35.5. The molecule has 2 atom stereocenters. The molecule has 21 heteroatoms. The zero-order chi connectivity index (χ0) is 34.7. The lowest BCUT2D eigenvalue weighted by molar-refractivity contribution is -0.165. The Hall–Kier alpha value is -5.86. The number of aromatic carboxylic acids is 1. The van der Waals surface area contributed by atoms with E-state index in [0.717, 1.165) is 0 Å². The smallest absolute Gasteiger partial charge is 0.335 e. The van der Waals surface area contributed by atoms with E-state index in [1.807, 2.05) is 0 Å². The second-order valence-corrected chi connectivity index (χ2v) is 6.54. The van der Waals surface area contributed by atoms with Gasteiger partial charge in [-0.1, -0.05) is 18.2 Å². The van der Waals surface area contributed by atoms with E-state index in [-0.39, 0.29) is 25.2 Å². The summed E-state index contributed by atoms with van der Waals surface area (Å²) in [4.78, 5) is 87.2. The molecule has 1 aromatic carbocycles. The fourth-order valence-electron chi connectivity index (χ4n) is 1.35. The molecule has 0 radical (unpaired) electrons. The number of rotatable bonds is 11. The van der Waals surface area contributed by atoms with E-state index in [1.54, 1.807) is 30.3 Å². The van der Waals surface area contributed by atoms with Crippen LogP contribution in [0.2, 0.25) is 0 Å². The van der Waals surface area contributed by atoms with E-state index in [4.69, 9.17) is 56.2 Å². The minimum Gasteiger partial charge on any atom is -0.481 e. The van der Waals surface area contributed by atoms with Gasteiger partial charge in [-0.05, 0) is 12.1 Å². The third kappa shape index (κ3) is 40.6. The molecule has 0 saturated heterocycles. The maximum Gasteiger partial charge on any atom is 0.335 e. The lowest BCUT2D eigenvalue weighted by atomic mass is 10.2. The van der Waals surface area contributed by atoms with Gasteiger partial charge in [-0.2, -0.15) is 0 Å². The van der Waals surface area contributed by atoms with Crippen LogP contribution in [0.3, 0.4) is 0 Å². The summed E-state index contributed by atoms with van der Waals surface area (Å²) in [6.07, 6.45) is -2.89. The molecule has 0 spiro atoms. The molecule has 0 saturated carbocycles. The summed E-state index contributed by atoms with van der Waals surface area (Å²) >= 11 is 0. The second-order valence-electron chi connectivity index (χ2n) is 6.54. The number of carbonyl (C=O) groups is 9. The molecule has 20 nitrogen and oxygen atoms in total. The average molecular weight is 659 g/mol. The van der Waals surface area contributed by atoms with Gasteiger partial charge in [-0.15, -0.1) is 12.4 Å². The van der Waals surface area contributed by atoms with Gasteiger partial charge in [0.2, 0.25) is 0 Å². The number of halogens is 1. The van der Waals surface area contributed by atoms with E-state index in [9.17, 15) is 43.2 Å². The second kappa shape index (κ2) is 28.7. The maximum atomic E-state index is 10.2. The Balaban J connectivity index is -0.000000144. The number of aliphatic hydroxyl groups is 2. The summed E-state index contributed by atoms with van der Waals surface area (Å²) in [5.74, 6) is -11.6. The Morgan fingerprint density at radius 1 is 0.500 bits per heavy atom. The molecule has 246 valence electrons. The van der Waals surface area contributed by atoms with Crippen LogP contribution in [-0.2, 0) is 38.4 Å². The molecule has 0 aliphatic carbocycles. The van der Waals surface area contributed by atoms with Crippen LogP contribution in [0.15, 0.2) is 54.6 Å². The summed E-state index contributed by atoms with van der Waals surface area (Å²) in [5, 5.41) is 88.0. The third-order valence-electron chi connectivity index (χ3n) is 3.12. The van der Waals surface area contributed by atoms with Gasteiger partial charge >= 0.3 is 53.7 Å². The minimum atomic E-state index is -2.27. The van der Waals surface area contributed by atoms with Crippen molar-refractivity contribution in [3.8, 4) is 0 Å². The van der Waals surface area contributed by atoms with Gasteiger partial charge < -0.3 is 56.2 Å². The normalized spacial score (nSPS) is 10.4. The van der Waals surface area contributed by atoms with Gasteiger partial charge in [0.1, 0.15) is 0 Å². The molecule has 0 bridgehead atoms. The topological polar surface area (TPSA) is 376 Å². The Morgan fingerprint density at radius 3 is 0.886 bits per heavy atom. The first kappa shape index (κ1) is 47.9. The van der Waals surface area contributed by atoms with Gasteiger partial charge in [0.25, 0.3) is 0 Å². The number of aliphatic hydroxyl groups excluding tert-OH is 2. The molecule has 2 unspecified atom stereocenters. The van der Waals surface area contributed by atoms with Gasteiger partial charge in [0.15, 0.2) is 12.2 Å². The van der Waals surface area contributed by atoms with Gasteiger partial charge in [0.05, 0.1) is 18.4 Å². The first-order chi connectivity index (χ1) is 19.6. The van der Waals surface area contributed by atoms with Crippen molar-refractivity contribution in [1.29, 1.82) is 0 Å². The van der Waals surface area contributed by atoms with Gasteiger partial charge in [-0.25, -0.2) is 33.6 Å². The third-order valence-corrected chi connectivity index (χ3v) is 3.12. The van der Waals surface area contributed by atoms with Crippen molar-refractivity contribution in [2.45, 2.75) is 25.0 Å². The summed E-state index contributed by atoms with van der Waals surface area (Å²) in [7, 11) is 0. The highest BCUT2D eigenvalue weighted by Gasteiger charge is 2.29. The standard InChI is InChI=1S/C7H6O2.C4H6O6.C4H6O4.2C4H4O4.ClH/c8-7(9)6-4-2-1-3-5-6;5-1(3(7)8)2(6)4(9)10;3*5-3(6)1-2-4(7)8;/h1-5H,(H,8,9);1-2,5-6H,(H,7,8)(H,9,10);1-2H2,(H,5,6)(H,7,8);2*1-2H,(H,5,6)(H,7,8);1H/b;;;2-1+;2-1-;. The molecule has 0 fully saturated rings. The van der Waals surface area contributed by atoms with Crippen molar-refractivity contribution < 1.29 is 99.3 Å². The summed E-state index contributed by atoms with van der Waals surface area (Å²) in [6.45, 7) is 0. The van der Waals surface area contributed by atoms with Crippen LogP contribution in [0, 0.1) is 0 Å². The lowest BCUT2D eigenvalue weighted by Gasteiger charge is -2.07. The van der Waals surface area contributed by atoms with Crippen molar-refractivity contribution >= 4 is 66.1 Å². The molecule has 0 amide bonds. The summed E-state index contributed by atoms with van der Waals surface area (Å²) < 4.78 is 0. The van der Waals surface area contributed by atoms with Crippen LogP contribution in [0.25, 0.3) is 0 Å². The molecule has 0 heterocycles. The zero-order valence-corrected chi connectivity index (χ0v) is 22.6. The van der Waals surface area contributed by atoms with Crippen molar-refractivity contribution in [2.24, 2.45) is 0 Å². The molecule has 0 aromatic heterocycles. The summed E-state index contributed by atoms with van der Waals surface area (Å²) in [6, 6.07) is 8.30. The molecule has 0 aliphatic heterocycles. The van der Waals surface area contributed by atoms with Crippen LogP contribution in [-0.4, -0.2) is 122 Å². The molecular formula is C23H27ClO20. The van der Waals surface area contributed by atoms with Crippen LogP contribution >= 0.6 is 12.4 Å². The number of carboxylic acids is 9. The van der Waals surface area contributed by atoms with E-state index in [0.29, 0.717) is 29.9 Å². The average Bonchev–Trinajstić information content (AvgIpc) is 2.90. The molecule has 1 aromatic rings. The first-order valence-electron chi connectivity index (χ1n) is 10.5. The van der Waals surface area contributed by atoms with Crippen LogP contribution in [0.5, 0.6) is 0 Å². The summed E-state index contributed by atoms with van der Waals surface area (Å²) in [5.41, 5.74) is 0.331. The highest BCUT2D eigenvalue weighted by Crippen LogP contribution is 1.96. The van der Waals surface area contributed by atoms with Crippen molar-refractivity contribution in [3.63, 3.8) is 0 Å². The van der Waals surface area contributed by atoms with Crippen molar-refractivity contribution in [1.82, 2.24) is 0 Å². The molecule has 1 rings (SSSR count). The zero-order valence-electron chi connectivity index (χ0n) is 21.8. The monoisotopic (exact) mass is 658 g/mol. The number of hydrogen-bond donors (Lipinski definition) is 11. The van der Waals surface area contributed by atoms with Gasteiger partial charge in [0, 0.05) is 24.3 Å². The Morgan fingerprint density at radius 2 is 0.750 bits per heavy atom. The fraction of sp³-hybridized carbons (Fsp3) is 0.174. The Labute approximate surface area is 251 Å². The van der Waals surface area contributed by atoms with Crippen molar-refractivity contribution in [2.75, 3.05) is 0 Å². The van der Waals surface area contributed by atoms with E-state index in [1.165, 1.54) is 0 Å². The molecular weight excluding hydrogens is 632 g/mol. The number of carboxylic acid groups (broad SMARTS) is 9. The molecule has 0 aliphatic rings. The number of benzene rings is 1. The Bertz CT molecular complexity index is 1060. The minimum absolute atomic E-state index is 0. The number of hydrogen-bond acceptors (Lipinski definition) is 11. The van der Waals surface area contributed by atoms with E-state index >= 15 is 0 Å². The molecule has 44 heavy (non-hydrogen) atoms. The van der Waals surface area contributed by atoms with Crippen molar-refractivity contribution in [3.05, 3.63) is 60.2 Å². The number of aliphatic carboxylic acids is 8. The predicted octanol–water partition coefficient (Wildman–Crippen LogP) is -0.957.